The summed E-state index contributed by atoms with van der Waals surface area (Å²) >= 11 is 0. The molecule has 0 fully saturated rings. The number of benzene rings is 2. The number of rotatable bonds is 2. The molecule has 0 atom stereocenters. The minimum absolute atomic E-state index is 0. The van der Waals surface area contributed by atoms with E-state index >= 15 is 0 Å². The van der Waals surface area contributed by atoms with Gasteiger partial charge in [0.2, 0.25) is 0 Å². The van der Waals surface area contributed by atoms with E-state index in [1.165, 1.54) is 11.4 Å². The summed E-state index contributed by atoms with van der Waals surface area (Å²) in [6, 6.07) is 20.7. The van der Waals surface area contributed by atoms with Gasteiger partial charge in [0.05, 0.1) is 0 Å². The van der Waals surface area contributed by atoms with Gasteiger partial charge in [-0.25, -0.2) is 0 Å². The maximum atomic E-state index is 2.17. The van der Waals surface area contributed by atoms with Crippen molar-refractivity contribution >= 4 is 11.4 Å². The third-order valence-electron chi connectivity index (χ3n) is 2.29. The van der Waals surface area contributed by atoms with Crippen LogP contribution in [0.1, 0.15) is 42.5 Å². The second-order valence-corrected chi connectivity index (χ2v) is 3.23. The summed E-state index contributed by atoms with van der Waals surface area (Å²) in [6.45, 7) is 8.00. The van der Waals surface area contributed by atoms with Crippen molar-refractivity contribution in [1.82, 2.24) is 0 Å². The largest absolute Gasteiger partial charge is 0.345 e. The Morgan fingerprint density at radius 1 is 0.550 bits per heavy atom. The molecule has 0 radical (unpaired) electrons. The standard InChI is InChI=1S/C13H13N.2C2H6.2CH4/c1-14(12-8-4-2-5-9-12)13-10-6-3-7-11-13;2*1-2;;/h2-11H,1H3;2*1-2H3;2*1H4. The monoisotopic (exact) mass is 275 g/mol. The smallest absolute Gasteiger partial charge is 0.0408 e. The maximum absolute atomic E-state index is 2.17. The fraction of sp³-hybridized carbons (Fsp3) is 0.368. The second-order valence-electron chi connectivity index (χ2n) is 3.23. The predicted molar refractivity (Wildman–Crippen MR) is 97.1 cm³/mol. The highest BCUT2D eigenvalue weighted by Crippen LogP contribution is 2.21. The van der Waals surface area contributed by atoms with Gasteiger partial charge in [-0.05, 0) is 24.3 Å². The summed E-state index contributed by atoms with van der Waals surface area (Å²) < 4.78 is 0. The van der Waals surface area contributed by atoms with Crippen molar-refractivity contribution in [2.75, 3.05) is 11.9 Å². The van der Waals surface area contributed by atoms with Gasteiger partial charge >= 0.3 is 0 Å². The summed E-state index contributed by atoms with van der Waals surface area (Å²) in [6.07, 6.45) is 0. The summed E-state index contributed by atoms with van der Waals surface area (Å²) in [5.74, 6) is 0. The average molecular weight is 275 g/mol. The highest BCUT2D eigenvalue weighted by Gasteiger charge is 2.00. The number of hydrogen-bond acceptors (Lipinski definition) is 1. The molecule has 2 aromatic rings. The van der Waals surface area contributed by atoms with Crippen LogP contribution in [0.15, 0.2) is 60.7 Å². The molecule has 0 spiro atoms. The van der Waals surface area contributed by atoms with Gasteiger partial charge in [0.25, 0.3) is 0 Å². The zero-order valence-electron chi connectivity index (χ0n) is 12.2. The van der Waals surface area contributed by atoms with Crippen LogP contribution in [0.5, 0.6) is 0 Å². The Labute approximate surface area is 127 Å². The van der Waals surface area contributed by atoms with Gasteiger partial charge in [0.1, 0.15) is 0 Å². The van der Waals surface area contributed by atoms with Gasteiger partial charge in [0.15, 0.2) is 0 Å². The topological polar surface area (TPSA) is 3.24 Å². The van der Waals surface area contributed by atoms with E-state index in [1.807, 2.05) is 39.8 Å². The van der Waals surface area contributed by atoms with Crippen LogP contribution in [0.4, 0.5) is 11.4 Å². The molecule has 0 aliphatic carbocycles. The van der Waals surface area contributed by atoms with Crippen molar-refractivity contribution < 1.29 is 0 Å². The van der Waals surface area contributed by atoms with E-state index < -0.39 is 0 Å². The molecular weight excluding hydrogens is 242 g/mol. The van der Waals surface area contributed by atoms with Gasteiger partial charge in [-0.1, -0.05) is 78.9 Å². The van der Waals surface area contributed by atoms with Crippen LogP contribution < -0.4 is 4.90 Å². The Kier molecular flexibility index (Phi) is 17.9. The van der Waals surface area contributed by atoms with E-state index in [1.54, 1.807) is 0 Å². The number of para-hydroxylation sites is 2. The molecule has 0 heterocycles. The molecular formula is C19H33N. The second kappa shape index (κ2) is 15.3. The first kappa shape index (κ1) is 23.3. The first-order chi connectivity index (χ1) is 8.88. The maximum Gasteiger partial charge on any atom is 0.0408 e. The number of nitrogens with zero attached hydrogens (tertiary/aromatic N) is 1. The van der Waals surface area contributed by atoms with E-state index in [2.05, 4.69) is 60.5 Å². The van der Waals surface area contributed by atoms with Crippen molar-refractivity contribution in [1.29, 1.82) is 0 Å². The average Bonchev–Trinajstić information content (AvgIpc) is 2.52. The third-order valence-corrected chi connectivity index (χ3v) is 2.29. The van der Waals surface area contributed by atoms with E-state index in [0.717, 1.165) is 0 Å². The molecule has 0 aliphatic heterocycles. The zero-order valence-corrected chi connectivity index (χ0v) is 12.2. The summed E-state index contributed by atoms with van der Waals surface area (Å²) in [5.41, 5.74) is 2.41. The van der Waals surface area contributed by atoms with E-state index in [0.29, 0.717) is 0 Å². The van der Waals surface area contributed by atoms with Crippen molar-refractivity contribution in [2.45, 2.75) is 42.5 Å². The Bertz CT molecular complexity index is 342. The SMILES string of the molecule is C.C.CC.CC.CN(c1ccccc1)c1ccccc1. The summed E-state index contributed by atoms with van der Waals surface area (Å²) in [4.78, 5) is 2.17. The minimum Gasteiger partial charge on any atom is -0.345 e. The molecule has 2 rings (SSSR count). The van der Waals surface area contributed by atoms with Gasteiger partial charge in [-0.3, -0.25) is 0 Å². The van der Waals surface area contributed by atoms with E-state index in [9.17, 15) is 0 Å². The number of anilines is 2. The molecule has 0 saturated heterocycles. The molecule has 0 unspecified atom stereocenters. The van der Waals surface area contributed by atoms with Crippen molar-refractivity contribution in [2.24, 2.45) is 0 Å². The summed E-state index contributed by atoms with van der Waals surface area (Å²) in [5, 5.41) is 0. The highest BCUT2D eigenvalue weighted by atomic mass is 15.1. The predicted octanol–water partition coefficient (Wildman–Crippen LogP) is 6.78. The third kappa shape index (κ3) is 7.63. The molecule has 1 heteroatoms. The van der Waals surface area contributed by atoms with Gasteiger partial charge in [-0.2, -0.15) is 0 Å². The van der Waals surface area contributed by atoms with Gasteiger partial charge in [0, 0.05) is 18.4 Å². The van der Waals surface area contributed by atoms with Crippen LogP contribution in [0.25, 0.3) is 0 Å². The van der Waals surface area contributed by atoms with E-state index in [-0.39, 0.29) is 14.9 Å². The Hall–Kier alpha value is -1.76. The lowest BCUT2D eigenvalue weighted by atomic mass is 10.2. The zero-order chi connectivity index (χ0) is 13.8. The molecule has 2 aromatic carbocycles. The first-order valence-corrected chi connectivity index (χ1v) is 6.72. The normalized spacial score (nSPS) is 7.45. The van der Waals surface area contributed by atoms with Crippen LogP contribution in [-0.2, 0) is 0 Å². The van der Waals surface area contributed by atoms with Gasteiger partial charge in [-0.15, -0.1) is 0 Å². The molecule has 0 amide bonds. The van der Waals surface area contributed by atoms with Gasteiger partial charge < -0.3 is 4.90 Å². The molecule has 20 heavy (non-hydrogen) atoms. The van der Waals surface area contributed by atoms with Crippen molar-refractivity contribution in [3.8, 4) is 0 Å². The molecule has 0 N–H and O–H groups in total. The van der Waals surface area contributed by atoms with E-state index in [4.69, 9.17) is 0 Å². The fourth-order valence-electron chi connectivity index (χ4n) is 1.45. The van der Waals surface area contributed by atoms with Crippen molar-refractivity contribution in [3.63, 3.8) is 0 Å². The molecule has 114 valence electrons. The Morgan fingerprint density at radius 3 is 1.05 bits per heavy atom. The quantitative estimate of drug-likeness (QED) is 0.584. The molecule has 0 bridgehead atoms. The lowest BCUT2D eigenvalue weighted by Crippen LogP contribution is -2.08. The minimum atomic E-state index is 0. The van der Waals surface area contributed by atoms with Crippen molar-refractivity contribution in [3.05, 3.63) is 60.7 Å². The van der Waals surface area contributed by atoms with Crippen LogP contribution in [0.2, 0.25) is 0 Å². The summed E-state index contributed by atoms with van der Waals surface area (Å²) in [7, 11) is 2.07. The fourth-order valence-corrected chi connectivity index (χ4v) is 1.45. The molecule has 0 aromatic heterocycles. The Morgan fingerprint density at radius 2 is 0.800 bits per heavy atom. The van der Waals surface area contributed by atoms with Crippen LogP contribution in [0, 0.1) is 0 Å². The lowest BCUT2D eigenvalue weighted by Gasteiger charge is -2.18. The molecule has 0 aliphatic rings. The molecule has 1 nitrogen and oxygen atoms in total. The lowest BCUT2D eigenvalue weighted by molar-refractivity contribution is 1.21. The molecule has 0 saturated carbocycles. The van der Waals surface area contributed by atoms with Crippen LogP contribution in [0.3, 0.4) is 0 Å². The number of hydrogen-bond donors (Lipinski definition) is 0. The Balaban J connectivity index is -0.000000444. The van der Waals surface area contributed by atoms with Crippen LogP contribution in [-0.4, -0.2) is 7.05 Å². The highest BCUT2D eigenvalue weighted by molar-refractivity contribution is 5.61. The first-order valence-electron chi connectivity index (χ1n) is 6.72. The van der Waals surface area contributed by atoms with Crippen LogP contribution >= 0.6 is 0 Å².